The highest BCUT2D eigenvalue weighted by atomic mass is 16.3. The van der Waals surface area contributed by atoms with Gasteiger partial charge in [0.2, 0.25) is 0 Å². The third kappa shape index (κ3) is 4.04. The van der Waals surface area contributed by atoms with Crippen molar-refractivity contribution in [2.45, 2.75) is 70.6 Å². The molecule has 3 nitrogen and oxygen atoms in total. The van der Waals surface area contributed by atoms with E-state index in [0.29, 0.717) is 6.42 Å². The van der Waals surface area contributed by atoms with E-state index < -0.39 is 5.60 Å². The van der Waals surface area contributed by atoms with E-state index in [-0.39, 0.29) is 11.1 Å². The van der Waals surface area contributed by atoms with E-state index in [2.05, 4.69) is 25.7 Å². The summed E-state index contributed by atoms with van der Waals surface area (Å²) in [6.07, 6.45) is 2.65. The summed E-state index contributed by atoms with van der Waals surface area (Å²) in [5, 5.41) is 9.87. The molecular weight excluding hydrogens is 200 g/mol. The number of hydrogen-bond donors (Lipinski definition) is 2. The summed E-state index contributed by atoms with van der Waals surface area (Å²) in [6.45, 7) is 12.5. The summed E-state index contributed by atoms with van der Waals surface area (Å²) in [6, 6.07) is 0. The summed E-state index contributed by atoms with van der Waals surface area (Å²) in [5.74, 6) is 0. The lowest BCUT2D eigenvalue weighted by atomic mass is 9.79. The zero-order valence-corrected chi connectivity index (χ0v) is 11.5. The number of piperidine rings is 1. The van der Waals surface area contributed by atoms with Crippen molar-refractivity contribution in [2.75, 3.05) is 13.1 Å². The molecule has 1 rings (SSSR count). The van der Waals surface area contributed by atoms with Gasteiger partial charge in [-0.25, -0.2) is 0 Å². The summed E-state index contributed by atoms with van der Waals surface area (Å²) < 4.78 is 0. The molecule has 0 amide bonds. The maximum absolute atomic E-state index is 9.87. The fourth-order valence-corrected chi connectivity index (χ4v) is 2.66. The second kappa shape index (κ2) is 4.28. The number of hydrogen-bond acceptors (Lipinski definition) is 3. The monoisotopic (exact) mass is 228 g/mol. The predicted molar refractivity (Wildman–Crippen MR) is 68.4 cm³/mol. The molecule has 0 aromatic rings. The zero-order valence-electron chi connectivity index (χ0n) is 11.5. The van der Waals surface area contributed by atoms with Gasteiger partial charge in [-0.1, -0.05) is 0 Å². The molecule has 0 aromatic carbocycles. The van der Waals surface area contributed by atoms with Crippen LogP contribution >= 0.6 is 0 Å². The van der Waals surface area contributed by atoms with E-state index >= 15 is 0 Å². The quantitative estimate of drug-likeness (QED) is 0.757. The zero-order chi connectivity index (χ0) is 12.6. The Labute approximate surface area is 100 Å². The van der Waals surface area contributed by atoms with Crippen molar-refractivity contribution in [1.82, 2.24) is 4.90 Å². The van der Waals surface area contributed by atoms with Gasteiger partial charge in [0.25, 0.3) is 0 Å². The van der Waals surface area contributed by atoms with Crippen LogP contribution in [-0.4, -0.2) is 39.8 Å². The molecule has 16 heavy (non-hydrogen) atoms. The highest BCUT2D eigenvalue weighted by Crippen LogP contribution is 2.30. The molecule has 1 fully saturated rings. The minimum absolute atomic E-state index is 0.181. The van der Waals surface area contributed by atoms with Crippen molar-refractivity contribution in [1.29, 1.82) is 0 Å². The lowest BCUT2D eigenvalue weighted by Gasteiger charge is -2.46. The van der Waals surface area contributed by atoms with Crippen LogP contribution in [0.2, 0.25) is 0 Å². The Morgan fingerprint density at radius 1 is 1.12 bits per heavy atom. The minimum Gasteiger partial charge on any atom is -0.390 e. The van der Waals surface area contributed by atoms with Crippen LogP contribution in [0.15, 0.2) is 0 Å². The molecule has 0 radical (unpaired) electrons. The van der Waals surface area contributed by atoms with E-state index in [1.807, 2.05) is 13.8 Å². The van der Waals surface area contributed by atoms with Crippen LogP contribution in [0.25, 0.3) is 0 Å². The molecule has 0 spiro atoms. The first-order valence-electron chi connectivity index (χ1n) is 6.28. The Hall–Kier alpha value is -0.120. The highest BCUT2D eigenvalue weighted by molar-refractivity contribution is 4.96. The lowest BCUT2D eigenvalue weighted by Crippen LogP contribution is -2.57. The Morgan fingerprint density at radius 2 is 1.56 bits per heavy atom. The molecule has 1 saturated heterocycles. The number of rotatable bonds is 2. The van der Waals surface area contributed by atoms with E-state index in [1.165, 1.54) is 0 Å². The van der Waals surface area contributed by atoms with Crippen molar-refractivity contribution in [3.05, 3.63) is 0 Å². The maximum Gasteiger partial charge on any atom is 0.0609 e. The van der Waals surface area contributed by atoms with Gasteiger partial charge in [-0.3, -0.25) is 4.90 Å². The third-order valence-corrected chi connectivity index (χ3v) is 3.49. The van der Waals surface area contributed by atoms with Gasteiger partial charge in [0.15, 0.2) is 0 Å². The fourth-order valence-electron chi connectivity index (χ4n) is 2.66. The average Bonchev–Trinajstić information content (AvgIpc) is 1.98. The predicted octanol–water partition coefficient (Wildman–Crippen LogP) is 1.74. The van der Waals surface area contributed by atoms with Gasteiger partial charge in [0.05, 0.1) is 5.60 Å². The molecular formula is C13H28N2O. The van der Waals surface area contributed by atoms with Crippen molar-refractivity contribution in [3.63, 3.8) is 0 Å². The molecule has 0 atom stereocenters. The lowest BCUT2D eigenvalue weighted by molar-refractivity contribution is 0.0126. The van der Waals surface area contributed by atoms with Crippen molar-refractivity contribution < 1.29 is 5.11 Å². The Balaban J connectivity index is 2.54. The van der Waals surface area contributed by atoms with Crippen LogP contribution in [0.4, 0.5) is 0 Å². The number of nitrogens with zero attached hydrogens (tertiary/aromatic N) is 1. The molecule has 1 aliphatic heterocycles. The summed E-state index contributed by atoms with van der Waals surface area (Å²) in [5.41, 5.74) is 5.76. The van der Waals surface area contributed by atoms with E-state index in [4.69, 9.17) is 5.73 Å². The SMILES string of the molecule is CC(C)(O)CC1(N)CCN(C(C)(C)C)CC1. The molecule has 0 saturated carbocycles. The van der Waals surface area contributed by atoms with Crippen LogP contribution in [0.3, 0.4) is 0 Å². The maximum atomic E-state index is 9.87. The first kappa shape index (κ1) is 13.9. The topological polar surface area (TPSA) is 49.5 Å². The van der Waals surface area contributed by atoms with E-state index in [0.717, 1.165) is 25.9 Å². The standard InChI is InChI=1S/C13H28N2O/c1-11(2,3)15-8-6-13(14,7-9-15)10-12(4,5)16/h16H,6-10,14H2,1-5H3. The Morgan fingerprint density at radius 3 is 1.88 bits per heavy atom. The molecule has 0 aliphatic carbocycles. The number of aliphatic hydroxyl groups is 1. The fraction of sp³-hybridized carbons (Fsp3) is 1.00. The van der Waals surface area contributed by atoms with Gasteiger partial charge in [-0.2, -0.15) is 0 Å². The summed E-state index contributed by atoms with van der Waals surface area (Å²) in [4.78, 5) is 2.47. The summed E-state index contributed by atoms with van der Waals surface area (Å²) in [7, 11) is 0. The van der Waals surface area contributed by atoms with Gasteiger partial charge in [-0.15, -0.1) is 0 Å². The largest absolute Gasteiger partial charge is 0.390 e. The smallest absolute Gasteiger partial charge is 0.0609 e. The summed E-state index contributed by atoms with van der Waals surface area (Å²) >= 11 is 0. The number of nitrogens with two attached hydrogens (primary N) is 1. The van der Waals surface area contributed by atoms with Crippen LogP contribution in [0.1, 0.15) is 53.9 Å². The molecule has 3 N–H and O–H groups in total. The van der Waals surface area contributed by atoms with Crippen molar-refractivity contribution >= 4 is 0 Å². The first-order valence-corrected chi connectivity index (χ1v) is 6.28. The van der Waals surface area contributed by atoms with E-state index in [1.54, 1.807) is 0 Å². The van der Waals surface area contributed by atoms with Crippen LogP contribution in [0, 0.1) is 0 Å². The van der Waals surface area contributed by atoms with Crippen molar-refractivity contribution in [3.8, 4) is 0 Å². The van der Waals surface area contributed by atoms with Gasteiger partial charge < -0.3 is 10.8 Å². The molecule has 1 aliphatic rings. The van der Waals surface area contributed by atoms with Crippen LogP contribution in [-0.2, 0) is 0 Å². The van der Waals surface area contributed by atoms with Gasteiger partial charge in [-0.05, 0) is 53.9 Å². The van der Waals surface area contributed by atoms with Crippen molar-refractivity contribution in [2.24, 2.45) is 5.73 Å². The number of likely N-dealkylation sites (tertiary alicyclic amines) is 1. The minimum atomic E-state index is -0.654. The van der Waals surface area contributed by atoms with Crippen LogP contribution in [0.5, 0.6) is 0 Å². The normalized spacial score (nSPS) is 23.4. The first-order chi connectivity index (χ1) is 7.02. The third-order valence-electron chi connectivity index (χ3n) is 3.49. The van der Waals surface area contributed by atoms with Gasteiger partial charge >= 0.3 is 0 Å². The Bertz CT molecular complexity index is 229. The van der Waals surface area contributed by atoms with Gasteiger partial charge in [0.1, 0.15) is 0 Å². The second-order valence-corrected chi connectivity index (χ2v) is 7.01. The molecule has 0 aromatic heterocycles. The molecule has 0 bridgehead atoms. The molecule has 1 heterocycles. The average molecular weight is 228 g/mol. The molecule has 3 heteroatoms. The van der Waals surface area contributed by atoms with Crippen LogP contribution < -0.4 is 5.73 Å². The second-order valence-electron chi connectivity index (χ2n) is 7.01. The van der Waals surface area contributed by atoms with E-state index in [9.17, 15) is 5.11 Å². The molecule has 96 valence electrons. The van der Waals surface area contributed by atoms with Gasteiger partial charge in [0, 0.05) is 24.2 Å². The highest BCUT2D eigenvalue weighted by Gasteiger charge is 2.37. The molecule has 0 unspecified atom stereocenters. The Kier molecular flexibility index (Phi) is 3.73.